The van der Waals surface area contributed by atoms with Gasteiger partial charge in [-0.05, 0) is 45.0 Å². The predicted molar refractivity (Wildman–Crippen MR) is 79.0 cm³/mol. The molecule has 0 unspecified atom stereocenters. The first kappa shape index (κ1) is 12.9. The first-order chi connectivity index (χ1) is 8.72. The minimum absolute atomic E-state index is 0.909. The van der Waals surface area contributed by atoms with Crippen LogP contribution in [0, 0.1) is 0 Å². The molecule has 0 atom stereocenters. The Balaban J connectivity index is 2.31. The van der Waals surface area contributed by atoms with Crippen molar-refractivity contribution >= 4 is 10.9 Å². The molecule has 0 aliphatic carbocycles. The zero-order valence-corrected chi connectivity index (χ0v) is 11.4. The van der Waals surface area contributed by atoms with Crippen molar-refractivity contribution in [2.24, 2.45) is 0 Å². The van der Waals surface area contributed by atoms with E-state index in [9.17, 15) is 0 Å². The molecule has 0 radical (unpaired) electrons. The normalized spacial score (nSPS) is 11.0. The van der Waals surface area contributed by atoms with Crippen molar-refractivity contribution in [3.05, 3.63) is 48.2 Å². The standard InChI is InChI=1S/C16H22N2/c1-13(2)11-18-12-14(7-6-10-17-3)15-8-4-5-9-16(15)18/h4-5,8-9,12,17H,1,6-7,10-11H2,2-3H3. The molecule has 96 valence electrons. The fraction of sp³-hybridized carbons (Fsp3) is 0.375. The number of nitrogens with zero attached hydrogens (tertiary/aromatic N) is 1. The molecule has 0 fully saturated rings. The Bertz CT molecular complexity index is 537. The summed E-state index contributed by atoms with van der Waals surface area (Å²) in [6.07, 6.45) is 4.59. The average Bonchev–Trinajstić information content (AvgIpc) is 2.68. The third-order valence-electron chi connectivity index (χ3n) is 3.18. The summed E-state index contributed by atoms with van der Waals surface area (Å²) < 4.78 is 2.31. The molecule has 0 aliphatic heterocycles. The van der Waals surface area contributed by atoms with E-state index in [-0.39, 0.29) is 0 Å². The molecule has 18 heavy (non-hydrogen) atoms. The Labute approximate surface area is 109 Å². The van der Waals surface area contributed by atoms with Gasteiger partial charge in [0.2, 0.25) is 0 Å². The summed E-state index contributed by atoms with van der Waals surface area (Å²) in [4.78, 5) is 0. The van der Waals surface area contributed by atoms with Crippen molar-refractivity contribution in [3.8, 4) is 0 Å². The number of aryl methyl sites for hydroxylation is 1. The Morgan fingerprint density at radius 2 is 2.11 bits per heavy atom. The first-order valence-electron chi connectivity index (χ1n) is 6.58. The Morgan fingerprint density at radius 3 is 2.83 bits per heavy atom. The van der Waals surface area contributed by atoms with Crippen LogP contribution >= 0.6 is 0 Å². The molecule has 2 heteroatoms. The SMILES string of the molecule is C=C(C)Cn1cc(CCCNC)c2ccccc21. The van der Waals surface area contributed by atoms with E-state index in [4.69, 9.17) is 0 Å². The van der Waals surface area contributed by atoms with Gasteiger partial charge >= 0.3 is 0 Å². The van der Waals surface area contributed by atoms with Crippen LogP contribution in [-0.2, 0) is 13.0 Å². The second kappa shape index (κ2) is 5.87. The summed E-state index contributed by atoms with van der Waals surface area (Å²) >= 11 is 0. The van der Waals surface area contributed by atoms with Gasteiger partial charge in [-0.25, -0.2) is 0 Å². The number of rotatable bonds is 6. The Hall–Kier alpha value is -1.54. The maximum atomic E-state index is 4.01. The van der Waals surface area contributed by atoms with Gasteiger partial charge < -0.3 is 9.88 Å². The summed E-state index contributed by atoms with van der Waals surface area (Å²) in [5.74, 6) is 0. The number of para-hydroxylation sites is 1. The van der Waals surface area contributed by atoms with Crippen molar-refractivity contribution in [1.82, 2.24) is 9.88 Å². The van der Waals surface area contributed by atoms with Crippen LogP contribution in [0.2, 0.25) is 0 Å². The van der Waals surface area contributed by atoms with Crippen LogP contribution in [0.25, 0.3) is 10.9 Å². The Morgan fingerprint density at radius 1 is 1.33 bits per heavy atom. The molecule has 2 nitrogen and oxygen atoms in total. The van der Waals surface area contributed by atoms with Crippen LogP contribution in [-0.4, -0.2) is 18.2 Å². The van der Waals surface area contributed by atoms with Gasteiger partial charge in [0.05, 0.1) is 0 Å². The van der Waals surface area contributed by atoms with Gasteiger partial charge in [-0.3, -0.25) is 0 Å². The lowest BCUT2D eigenvalue weighted by Gasteiger charge is -2.03. The van der Waals surface area contributed by atoms with E-state index in [1.807, 2.05) is 7.05 Å². The number of aromatic nitrogens is 1. The maximum absolute atomic E-state index is 4.01. The number of benzene rings is 1. The quantitative estimate of drug-likeness (QED) is 0.607. The zero-order chi connectivity index (χ0) is 13.0. The average molecular weight is 242 g/mol. The van der Waals surface area contributed by atoms with Crippen LogP contribution in [0.3, 0.4) is 0 Å². The molecular formula is C16H22N2. The van der Waals surface area contributed by atoms with Gasteiger partial charge in [0, 0.05) is 23.6 Å². The highest BCUT2D eigenvalue weighted by atomic mass is 15.0. The maximum Gasteiger partial charge on any atom is 0.0486 e. The highest BCUT2D eigenvalue weighted by Crippen LogP contribution is 2.23. The smallest absolute Gasteiger partial charge is 0.0486 e. The number of fused-ring (bicyclic) bond motifs is 1. The summed E-state index contributed by atoms with van der Waals surface area (Å²) in [7, 11) is 2.00. The molecule has 0 aliphatic rings. The molecule has 0 bridgehead atoms. The molecule has 1 aromatic heterocycles. The van der Waals surface area contributed by atoms with Crippen LogP contribution in [0.5, 0.6) is 0 Å². The van der Waals surface area contributed by atoms with Gasteiger partial charge in [0.1, 0.15) is 0 Å². The van der Waals surface area contributed by atoms with Crippen LogP contribution < -0.4 is 5.32 Å². The van der Waals surface area contributed by atoms with Crippen molar-refractivity contribution < 1.29 is 0 Å². The van der Waals surface area contributed by atoms with Gasteiger partial charge in [0.15, 0.2) is 0 Å². The van der Waals surface area contributed by atoms with Crippen molar-refractivity contribution in [1.29, 1.82) is 0 Å². The fourth-order valence-electron chi connectivity index (χ4n) is 2.40. The molecule has 2 aromatic rings. The highest BCUT2D eigenvalue weighted by Gasteiger charge is 2.07. The van der Waals surface area contributed by atoms with Crippen LogP contribution in [0.4, 0.5) is 0 Å². The van der Waals surface area contributed by atoms with Crippen LogP contribution in [0.15, 0.2) is 42.6 Å². The van der Waals surface area contributed by atoms with Crippen LogP contribution in [0.1, 0.15) is 18.9 Å². The number of nitrogens with one attached hydrogen (secondary N) is 1. The lowest BCUT2D eigenvalue weighted by Crippen LogP contribution is -2.08. The van der Waals surface area contributed by atoms with E-state index < -0.39 is 0 Å². The molecule has 1 heterocycles. The van der Waals surface area contributed by atoms with E-state index in [0.29, 0.717) is 0 Å². The van der Waals surface area contributed by atoms with Gasteiger partial charge in [-0.1, -0.05) is 30.4 Å². The van der Waals surface area contributed by atoms with E-state index in [2.05, 4.69) is 53.8 Å². The van der Waals surface area contributed by atoms with Gasteiger partial charge in [-0.2, -0.15) is 0 Å². The number of hydrogen-bond donors (Lipinski definition) is 1. The van der Waals surface area contributed by atoms with Gasteiger partial charge in [0.25, 0.3) is 0 Å². The second-order valence-electron chi connectivity index (χ2n) is 4.96. The third kappa shape index (κ3) is 2.82. The summed E-state index contributed by atoms with van der Waals surface area (Å²) in [5.41, 5.74) is 3.96. The predicted octanol–water partition coefficient (Wildman–Crippen LogP) is 3.37. The lowest BCUT2D eigenvalue weighted by molar-refractivity contribution is 0.723. The minimum Gasteiger partial charge on any atom is -0.343 e. The minimum atomic E-state index is 0.909. The highest BCUT2D eigenvalue weighted by molar-refractivity contribution is 5.84. The lowest BCUT2D eigenvalue weighted by atomic mass is 10.1. The van der Waals surface area contributed by atoms with E-state index in [0.717, 1.165) is 19.5 Å². The van der Waals surface area contributed by atoms with E-state index >= 15 is 0 Å². The summed E-state index contributed by atoms with van der Waals surface area (Å²) in [5, 5.41) is 4.59. The topological polar surface area (TPSA) is 17.0 Å². The van der Waals surface area contributed by atoms with Crippen molar-refractivity contribution in [2.75, 3.05) is 13.6 Å². The number of hydrogen-bond acceptors (Lipinski definition) is 1. The monoisotopic (exact) mass is 242 g/mol. The molecule has 0 spiro atoms. The summed E-state index contributed by atoms with van der Waals surface area (Å²) in [6, 6.07) is 8.64. The molecular weight excluding hydrogens is 220 g/mol. The molecule has 1 aromatic carbocycles. The largest absolute Gasteiger partial charge is 0.343 e. The zero-order valence-electron chi connectivity index (χ0n) is 11.4. The van der Waals surface area contributed by atoms with E-state index in [1.165, 1.54) is 28.5 Å². The molecule has 1 N–H and O–H groups in total. The second-order valence-corrected chi connectivity index (χ2v) is 4.96. The molecule has 0 saturated heterocycles. The van der Waals surface area contributed by atoms with Crippen molar-refractivity contribution in [2.45, 2.75) is 26.3 Å². The van der Waals surface area contributed by atoms with Crippen molar-refractivity contribution in [3.63, 3.8) is 0 Å². The third-order valence-corrected chi connectivity index (χ3v) is 3.18. The fourth-order valence-corrected chi connectivity index (χ4v) is 2.40. The Kier molecular flexibility index (Phi) is 4.21. The molecule has 0 amide bonds. The van der Waals surface area contributed by atoms with E-state index in [1.54, 1.807) is 0 Å². The van der Waals surface area contributed by atoms with Gasteiger partial charge in [-0.15, -0.1) is 0 Å². The molecule has 2 rings (SSSR count). The first-order valence-corrected chi connectivity index (χ1v) is 6.58. The number of allylic oxidation sites excluding steroid dienone is 1. The summed E-state index contributed by atoms with van der Waals surface area (Å²) in [6.45, 7) is 8.07. The molecule has 0 saturated carbocycles.